The van der Waals surface area contributed by atoms with Gasteiger partial charge in [-0.05, 0) is 0 Å². The van der Waals surface area contributed by atoms with Crippen molar-refractivity contribution in [2.45, 2.75) is 4.63 Å². The zero-order chi connectivity index (χ0) is 49.1. The fourth-order valence-electron chi connectivity index (χ4n) is 7.08. The van der Waals surface area contributed by atoms with Crippen LogP contribution in [0.15, 0.2) is 303 Å². The normalized spacial score (nSPS) is 10.1. The number of hydrogen-bond acceptors (Lipinski definition) is 0. The molecule has 356 valence electrons. The number of hydrogen-bond donors (Lipinski definition) is 0. The second kappa shape index (κ2) is 37.2. The maximum atomic E-state index is 4.49. The Kier molecular flexibility index (Phi) is 30.9. The Morgan fingerprint density at radius 1 is 0.214 bits per heavy atom. The zero-order valence-corrected chi connectivity index (χ0v) is 53.3. The van der Waals surface area contributed by atoms with Crippen molar-refractivity contribution in [1.29, 1.82) is 0 Å². The van der Waals surface area contributed by atoms with E-state index in [1.54, 1.807) is 28.1 Å². The van der Waals surface area contributed by atoms with Crippen LogP contribution in [0.3, 0.4) is 0 Å². The second-order valence-corrected chi connectivity index (χ2v) is 48.8. The average Bonchev–Trinajstić information content (AvgIpc) is 3.48. The van der Waals surface area contributed by atoms with Gasteiger partial charge in [0.15, 0.2) is 0 Å². The predicted molar refractivity (Wildman–Crippen MR) is 304 cm³/mol. The van der Waals surface area contributed by atoms with Gasteiger partial charge >= 0.3 is 412 Å². The molecule has 0 unspecified atom stereocenters. The van der Waals surface area contributed by atoms with Gasteiger partial charge in [0.25, 0.3) is 0 Å². The topological polar surface area (TPSA) is 0 Å². The van der Waals surface area contributed by atoms with Crippen LogP contribution in [0.2, 0.25) is 4.63 Å². The Balaban J connectivity index is 0.000000199. The molecule has 0 N–H and O–H groups in total. The van der Waals surface area contributed by atoms with Crippen molar-refractivity contribution in [2.24, 2.45) is 0 Å². The molecule has 0 fully saturated rings. The molecule has 0 atom stereocenters. The van der Waals surface area contributed by atoms with E-state index in [4.69, 9.17) is 0 Å². The van der Waals surface area contributed by atoms with Gasteiger partial charge in [-0.2, -0.15) is 72.8 Å². The summed E-state index contributed by atoms with van der Waals surface area (Å²) in [6.45, 7) is 0. The van der Waals surface area contributed by atoms with Gasteiger partial charge in [-0.25, -0.2) is 0 Å². The van der Waals surface area contributed by atoms with Crippen molar-refractivity contribution >= 4 is 128 Å². The van der Waals surface area contributed by atoms with Crippen molar-refractivity contribution in [1.82, 2.24) is 0 Å². The molecule has 8 heteroatoms. The molecule has 0 nitrogen and oxygen atoms in total. The van der Waals surface area contributed by atoms with Crippen LogP contribution in [-0.4, -0.2) is 80.8 Å². The SMILES string of the molecule is [Cl][Pd+].[Cl][Pd+].[c-]1ccccc1.[c-]1ccccc1.c1cc[c]([Sb]([CH2][Sb]([c]2ccccc2)[c]2ccccc2)[c]2ccccc2)cc1.c1cc[c]([Sb]([CH2][Sb]([c]2ccccc2)[c]2ccccc2)[c]2ccccc2)cc1. The summed E-state index contributed by atoms with van der Waals surface area (Å²) >= 11 is -2.81. The van der Waals surface area contributed by atoms with Crippen LogP contribution in [0.1, 0.15) is 0 Å². The molecule has 0 aliphatic rings. The molecule has 0 radical (unpaired) electrons. The summed E-state index contributed by atoms with van der Waals surface area (Å²) in [5, 5.41) is 0. The van der Waals surface area contributed by atoms with Crippen LogP contribution in [0.4, 0.5) is 0 Å². The fraction of sp³-hybridized carbons (Fsp3) is 0.0323. The first kappa shape index (κ1) is 58.3. The third kappa shape index (κ3) is 21.1. The Morgan fingerprint density at radius 2 is 0.343 bits per heavy atom. The molecular formula is C62H54Cl2Pd2Sb4. The summed E-state index contributed by atoms with van der Waals surface area (Å²) in [5.74, 6) is 0. The molecule has 0 saturated heterocycles. The van der Waals surface area contributed by atoms with E-state index in [0.717, 1.165) is 0 Å². The quantitative estimate of drug-likeness (QED) is 0.0845. The minimum atomic E-state index is -1.81. The Hall–Kier alpha value is -2.62. The monoisotopic (exact) mass is 1560 g/mol. The summed E-state index contributed by atoms with van der Waals surface area (Å²) in [4.78, 5) is 0. The van der Waals surface area contributed by atoms with Crippen molar-refractivity contribution < 1.29 is 36.4 Å². The maximum absolute atomic E-state index is 4.49. The molecular weight excluding hydrogens is 1520 g/mol. The van der Waals surface area contributed by atoms with E-state index in [0.29, 0.717) is 0 Å². The van der Waals surface area contributed by atoms with E-state index in [9.17, 15) is 0 Å². The first-order chi connectivity index (χ1) is 34.8. The molecule has 10 aromatic carbocycles. The van der Waals surface area contributed by atoms with Crippen LogP contribution in [-0.2, 0) is 36.4 Å². The summed E-state index contributed by atoms with van der Waals surface area (Å²) in [6, 6.07) is 115. The van der Waals surface area contributed by atoms with Crippen LogP contribution >= 0.6 is 19.1 Å². The van der Waals surface area contributed by atoms with E-state index < -0.39 is 80.8 Å². The van der Waals surface area contributed by atoms with Crippen LogP contribution in [0.25, 0.3) is 0 Å². The van der Waals surface area contributed by atoms with Crippen LogP contribution in [0.5, 0.6) is 0 Å². The van der Waals surface area contributed by atoms with Crippen LogP contribution in [0, 0.1) is 12.1 Å². The van der Waals surface area contributed by atoms with Gasteiger partial charge in [0.1, 0.15) is 0 Å². The van der Waals surface area contributed by atoms with Crippen molar-refractivity contribution in [3.8, 4) is 0 Å². The molecule has 0 saturated carbocycles. The molecule has 70 heavy (non-hydrogen) atoms. The third-order valence-corrected chi connectivity index (χ3v) is 56.3. The number of rotatable bonds is 12. The first-order valence-corrected chi connectivity index (χ1v) is 43.8. The summed E-state index contributed by atoms with van der Waals surface area (Å²) < 4.78 is 15.7. The molecule has 0 aliphatic heterocycles. The van der Waals surface area contributed by atoms with E-state index >= 15 is 0 Å². The van der Waals surface area contributed by atoms with Crippen molar-refractivity contribution in [3.05, 3.63) is 315 Å². The second-order valence-electron chi connectivity index (χ2n) is 14.8. The standard InChI is InChI=1S/10C6H5.2CH2.2ClH.2Pd.4Sb/c10*1-2-4-6-5-3-1;;;;;;;;;;/h10*1-5H;2*1H2;2*1H;;;;;;/q;;;;;;;;2*-1;;;;;2*+2;;;;/p-2. The van der Waals surface area contributed by atoms with Gasteiger partial charge in [0.2, 0.25) is 0 Å². The van der Waals surface area contributed by atoms with Gasteiger partial charge in [-0.15, -0.1) is 0 Å². The Bertz CT molecular complexity index is 2170. The van der Waals surface area contributed by atoms with Crippen molar-refractivity contribution in [3.63, 3.8) is 0 Å². The van der Waals surface area contributed by atoms with Gasteiger partial charge in [-0.3, -0.25) is 0 Å². The fourth-order valence-corrected chi connectivity index (χ4v) is 63.8. The third-order valence-electron chi connectivity index (χ3n) is 10.3. The Morgan fingerprint density at radius 3 is 0.443 bits per heavy atom. The van der Waals surface area contributed by atoms with Gasteiger partial charge in [0.05, 0.1) is 0 Å². The van der Waals surface area contributed by atoms with Crippen LogP contribution < -0.4 is 28.1 Å². The first-order valence-electron chi connectivity index (χ1n) is 22.4. The average molecular weight is 1570 g/mol. The number of halogens is 2. The van der Waals surface area contributed by atoms with E-state index in [2.05, 4.69) is 310 Å². The van der Waals surface area contributed by atoms with Gasteiger partial charge < -0.3 is 0 Å². The van der Waals surface area contributed by atoms with Gasteiger partial charge in [0, 0.05) is 0 Å². The van der Waals surface area contributed by atoms with E-state index in [1.807, 2.05) is 60.7 Å². The predicted octanol–water partition coefficient (Wildman–Crippen LogP) is 10.6. The molecule has 0 amide bonds. The van der Waals surface area contributed by atoms with E-state index in [-0.39, 0.29) is 0 Å². The number of benzene rings is 10. The molecule has 10 rings (SSSR count). The molecule has 0 aliphatic carbocycles. The zero-order valence-electron chi connectivity index (χ0n) is 38.5. The van der Waals surface area contributed by atoms with Gasteiger partial charge in [-0.1, -0.05) is 0 Å². The molecule has 0 aromatic heterocycles. The molecule has 10 aromatic rings. The molecule has 0 bridgehead atoms. The summed E-state index contributed by atoms with van der Waals surface area (Å²) in [5.41, 5.74) is 0. The minimum absolute atomic E-state index is 1.41. The molecule has 0 spiro atoms. The van der Waals surface area contributed by atoms with E-state index in [1.165, 1.54) is 4.63 Å². The summed E-state index contributed by atoms with van der Waals surface area (Å²) in [7, 11) is 8.98. The summed E-state index contributed by atoms with van der Waals surface area (Å²) in [6.07, 6.45) is 0. The Labute approximate surface area is 477 Å². The molecule has 0 heterocycles. The van der Waals surface area contributed by atoms with Crippen molar-refractivity contribution in [2.75, 3.05) is 0 Å².